The van der Waals surface area contributed by atoms with Gasteiger partial charge in [-0.15, -0.1) is 0 Å². The van der Waals surface area contributed by atoms with Gasteiger partial charge in [-0.05, 0) is 31.0 Å². The minimum atomic E-state index is -0.0642. The van der Waals surface area contributed by atoms with Crippen LogP contribution in [-0.2, 0) is 0 Å². The van der Waals surface area contributed by atoms with Crippen molar-refractivity contribution in [3.8, 4) is 0 Å². The number of hydrogen-bond donors (Lipinski definition) is 2. The SMILES string of the molecule is CCCN(CCO)C(=O)c1cccc(N)c1C. The molecular formula is C13H20N2O2. The molecule has 4 nitrogen and oxygen atoms in total. The monoisotopic (exact) mass is 236 g/mol. The fourth-order valence-electron chi connectivity index (χ4n) is 1.76. The van der Waals surface area contributed by atoms with Gasteiger partial charge in [0.25, 0.3) is 5.91 Å². The minimum Gasteiger partial charge on any atom is -0.398 e. The van der Waals surface area contributed by atoms with Gasteiger partial charge in [-0.1, -0.05) is 13.0 Å². The number of benzene rings is 1. The van der Waals surface area contributed by atoms with E-state index in [4.69, 9.17) is 10.8 Å². The van der Waals surface area contributed by atoms with Crippen LogP contribution in [0.3, 0.4) is 0 Å². The lowest BCUT2D eigenvalue weighted by Crippen LogP contribution is -2.34. The maximum absolute atomic E-state index is 12.3. The van der Waals surface area contributed by atoms with Gasteiger partial charge < -0.3 is 15.7 Å². The first-order valence-electron chi connectivity index (χ1n) is 5.87. The Morgan fingerprint density at radius 3 is 2.71 bits per heavy atom. The van der Waals surface area contributed by atoms with Crippen molar-refractivity contribution in [3.63, 3.8) is 0 Å². The molecule has 0 saturated heterocycles. The average molecular weight is 236 g/mol. The van der Waals surface area contributed by atoms with E-state index < -0.39 is 0 Å². The van der Waals surface area contributed by atoms with Crippen molar-refractivity contribution in [1.82, 2.24) is 4.90 Å². The van der Waals surface area contributed by atoms with Crippen LogP contribution in [0.25, 0.3) is 0 Å². The van der Waals surface area contributed by atoms with Crippen LogP contribution in [0.5, 0.6) is 0 Å². The van der Waals surface area contributed by atoms with Crippen molar-refractivity contribution < 1.29 is 9.90 Å². The first-order chi connectivity index (χ1) is 8.11. The number of rotatable bonds is 5. The van der Waals surface area contributed by atoms with Gasteiger partial charge in [0.2, 0.25) is 0 Å². The van der Waals surface area contributed by atoms with Crippen molar-refractivity contribution in [2.75, 3.05) is 25.4 Å². The molecule has 0 bridgehead atoms. The molecule has 4 heteroatoms. The molecule has 1 aromatic carbocycles. The van der Waals surface area contributed by atoms with E-state index in [1.54, 1.807) is 23.1 Å². The number of nitrogens with two attached hydrogens (primary N) is 1. The third-order valence-electron chi connectivity index (χ3n) is 2.76. The highest BCUT2D eigenvalue weighted by Crippen LogP contribution is 2.17. The largest absolute Gasteiger partial charge is 0.398 e. The predicted molar refractivity (Wildman–Crippen MR) is 68.9 cm³/mol. The molecule has 0 unspecified atom stereocenters. The molecule has 1 amide bonds. The topological polar surface area (TPSA) is 66.6 Å². The van der Waals surface area contributed by atoms with Crippen molar-refractivity contribution >= 4 is 11.6 Å². The fraction of sp³-hybridized carbons (Fsp3) is 0.462. The maximum atomic E-state index is 12.3. The van der Waals surface area contributed by atoms with Gasteiger partial charge in [-0.3, -0.25) is 4.79 Å². The minimum absolute atomic E-state index is 0.0207. The van der Waals surface area contributed by atoms with Crippen LogP contribution in [-0.4, -0.2) is 35.6 Å². The summed E-state index contributed by atoms with van der Waals surface area (Å²) in [7, 11) is 0. The first-order valence-corrected chi connectivity index (χ1v) is 5.87. The predicted octanol–water partition coefficient (Wildman–Crippen LogP) is 1.42. The van der Waals surface area contributed by atoms with Crippen LogP contribution < -0.4 is 5.73 Å². The Morgan fingerprint density at radius 1 is 1.41 bits per heavy atom. The highest BCUT2D eigenvalue weighted by atomic mass is 16.3. The third kappa shape index (κ3) is 3.20. The van der Waals surface area contributed by atoms with Crippen molar-refractivity contribution in [2.45, 2.75) is 20.3 Å². The summed E-state index contributed by atoms with van der Waals surface area (Å²) in [5.41, 5.74) is 7.83. The lowest BCUT2D eigenvalue weighted by molar-refractivity contribution is 0.0721. The Kier molecular flexibility index (Phi) is 4.97. The van der Waals surface area contributed by atoms with Gasteiger partial charge >= 0.3 is 0 Å². The molecule has 0 aromatic heterocycles. The van der Waals surface area contributed by atoms with Gasteiger partial charge in [0.1, 0.15) is 0 Å². The Labute approximate surface area is 102 Å². The zero-order valence-corrected chi connectivity index (χ0v) is 10.4. The molecule has 3 N–H and O–H groups in total. The lowest BCUT2D eigenvalue weighted by atomic mass is 10.1. The molecule has 17 heavy (non-hydrogen) atoms. The second-order valence-electron chi connectivity index (χ2n) is 4.04. The van der Waals surface area contributed by atoms with Crippen LogP contribution in [0.15, 0.2) is 18.2 Å². The lowest BCUT2D eigenvalue weighted by Gasteiger charge is -2.22. The molecule has 0 aliphatic heterocycles. The number of carbonyl (C=O) groups excluding carboxylic acids is 1. The standard InChI is InChI=1S/C13H20N2O2/c1-3-7-15(8-9-16)13(17)11-5-4-6-12(14)10(11)2/h4-6,16H,3,7-9,14H2,1-2H3. The Hall–Kier alpha value is -1.55. The Balaban J connectivity index is 2.96. The van der Waals surface area contributed by atoms with E-state index in [-0.39, 0.29) is 12.5 Å². The van der Waals surface area contributed by atoms with Gasteiger partial charge in [0.15, 0.2) is 0 Å². The van der Waals surface area contributed by atoms with E-state index in [2.05, 4.69) is 0 Å². The van der Waals surface area contributed by atoms with Gasteiger partial charge in [0, 0.05) is 24.3 Å². The van der Waals surface area contributed by atoms with Crippen LogP contribution in [0.2, 0.25) is 0 Å². The van der Waals surface area contributed by atoms with Crippen LogP contribution >= 0.6 is 0 Å². The number of nitrogen functional groups attached to an aromatic ring is 1. The van der Waals surface area contributed by atoms with Gasteiger partial charge in [0.05, 0.1) is 6.61 Å². The number of aliphatic hydroxyl groups excluding tert-OH is 1. The number of nitrogens with zero attached hydrogens (tertiary/aromatic N) is 1. The first kappa shape index (κ1) is 13.5. The molecule has 0 atom stereocenters. The summed E-state index contributed by atoms with van der Waals surface area (Å²) < 4.78 is 0. The van der Waals surface area contributed by atoms with E-state index in [0.29, 0.717) is 24.3 Å². The fourth-order valence-corrected chi connectivity index (χ4v) is 1.76. The van der Waals surface area contributed by atoms with Crippen molar-refractivity contribution in [2.24, 2.45) is 0 Å². The molecule has 94 valence electrons. The molecule has 1 aromatic rings. The van der Waals surface area contributed by atoms with Gasteiger partial charge in [-0.2, -0.15) is 0 Å². The summed E-state index contributed by atoms with van der Waals surface area (Å²) >= 11 is 0. The highest BCUT2D eigenvalue weighted by molar-refractivity contribution is 5.96. The zero-order chi connectivity index (χ0) is 12.8. The summed E-state index contributed by atoms with van der Waals surface area (Å²) in [4.78, 5) is 13.9. The summed E-state index contributed by atoms with van der Waals surface area (Å²) in [5.74, 6) is -0.0642. The van der Waals surface area contributed by atoms with E-state index in [0.717, 1.165) is 12.0 Å². The normalized spacial score (nSPS) is 10.3. The summed E-state index contributed by atoms with van der Waals surface area (Å²) in [5, 5.41) is 8.96. The van der Waals surface area contributed by atoms with E-state index in [1.807, 2.05) is 13.8 Å². The number of hydrogen-bond acceptors (Lipinski definition) is 3. The summed E-state index contributed by atoms with van der Waals surface area (Å²) in [6.45, 7) is 4.83. The molecule has 0 fully saturated rings. The maximum Gasteiger partial charge on any atom is 0.254 e. The van der Waals surface area contributed by atoms with Crippen molar-refractivity contribution in [3.05, 3.63) is 29.3 Å². The van der Waals surface area contributed by atoms with Crippen LogP contribution in [0.1, 0.15) is 29.3 Å². The van der Waals surface area contributed by atoms with E-state index >= 15 is 0 Å². The summed E-state index contributed by atoms with van der Waals surface area (Å²) in [6.07, 6.45) is 0.868. The number of aliphatic hydroxyl groups is 1. The smallest absolute Gasteiger partial charge is 0.254 e. The number of anilines is 1. The third-order valence-corrected chi connectivity index (χ3v) is 2.76. The average Bonchev–Trinajstić information content (AvgIpc) is 2.31. The second kappa shape index (κ2) is 6.25. The molecule has 0 aliphatic rings. The highest BCUT2D eigenvalue weighted by Gasteiger charge is 2.17. The number of carbonyl (C=O) groups is 1. The molecular weight excluding hydrogens is 216 g/mol. The Morgan fingerprint density at radius 2 is 2.12 bits per heavy atom. The zero-order valence-electron chi connectivity index (χ0n) is 10.4. The van der Waals surface area contributed by atoms with Crippen molar-refractivity contribution in [1.29, 1.82) is 0 Å². The molecule has 0 aliphatic carbocycles. The summed E-state index contributed by atoms with van der Waals surface area (Å²) in [6, 6.07) is 5.33. The molecule has 0 heterocycles. The van der Waals surface area contributed by atoms with E-state index in [9.17, 15) is 4.79 Å². The van der Waals surface area contributed by atoms with E-state index in [1.165, 1.54) is 0 Å². The second-order valence-corrected chi connectivity index (χ2v) is 4.04. The number of amides is 1. The Bertz CT molecular complexity index is 385. The molecule has 0 saturated carbocycles. The molecule has 0 radical (unpaired) electrons. The molecule has 0 spiro atoms. The molecule has 1 rings (SSSR count). The van der Waals surface area contributed by atoms with Crippen LogP contribution in [0, 0.1) is 6.92 Å². The van der Waals surface area contributed by atoms with Gasteiger partial charge in [-0.25, -0.2) is 0 Å². The quantitative estimate of drug-likeness (QED) is 0.760. The van der Waals surface area contributed by atoms with Crippen LogP contribution in [0.4, 0.5) is 5.69 Å².